The SMILES string of the molecule is C[C@@H]1CC[C@@H]2[C@@H](CCCN2C(=O)C2=CC=CN3CCS(=O)(=O)N=C23)C1. The lowest BCUT2D eigenvalue weighted by Crippen LogP contribution is -2.52. The summed E-state index contributed by atoms with van der Waals surface area (Å²) in [5, 5.41) is 0. The number of hydrogen-bond donors (Lipinski definition) is 0. The van der Waals surface area contributed by atoms with E-state index in [2.05, 4.69) is 11.3 Å². The fourth-order valence-corrected chi connectivity index (χ4v) is 5.67. The highest BCUT2D eigenvalue weighted by molar-refractivity contribution is 7.90. The lowest BCUT2D eigenvalue weighted by Gasteiger charge is -2.46. The standard InChI is InChI=1S/C18H25N3O3S/c1-13-6-7-16-14(12-13)4-2-9-21(16)18(22)15-5-3-8-20-10-11-25(23,24)19-17(15)20/h3,5,8,13-14,16H,2,4,6-7,9-12H2,1H3/t13-,14+,16-/m1/s1. The van der Waals surface area contributed by atoms with E-state index in [-0.39, 0.29) is 11.7 Å². The first-order chi connectivity index (χ1) is 11.9. The van der Waals surface area contributed by atoms with Gasteiger partial charge in [-0.1, -0.05) is 6.92 Å². The summed E-state index contributed by atoms with van der Waals surface area (Å²) in [4.78, 5) is 17.0. The molecule has 3 heterocycles. The summed E-state index contributed by atoms with van der Waals surface area (Å²) in [6, 6.07) is 0.290. The maximum absolute atomic E-state index is 13.3. The van der Waals surface area contributed by atoms with E-state index in [0.29, 0.717) is 29.9 Å². The van der Waals surface area contributed by atoms with Crippen molar-refractivity contribution in [1.29, 1.82) is 0 Å². The van der Waals surface area contributed by atoms with E-state index < -0.39 is 10.0 Å². The predicted molar refractivity (Wildman–Crippen MR) is 96.4 cm³/mol. The summed E-state index contributed by atoms with van der Waals surface area (Å²) in [7, 11) is -3.48. The average molecular weight is 363 g/mol. The molecule has 3 atom stereocenters. The van der Waals surface area contributed by atoms with Crippen LogP contribution in [0, 0.1) is 11.8 Å². The maximum atomic E-state index is 13.3. The fraction of sp³-hybridized carbons (Fsp3) is 0.667. The number of amidine groups is 1. The first-order valence-corrected chi connectivity index (χ1v) is 10.8. The third-order valence-electron chi connectivity index (χ3n) is 5.93. The molecule has 136 valence electrons. The Balaban J connectivity index is 1.62. The van der Waals surface area contributed by atoms with Gasteiger partial charge in [0, 0.05) is 25.3 Å². The number of allylic oxidation sites excluding steroid dienone is 2. The molecule has 0 aromatic carbocycles. The number of amides is 1. The molecule has 0 unspecified atom stereocenters. The second-order valence-electron chi connectivity index (χ2n) is 7.70. The number of sulfonamides is 1. The van der Waals surface area contributed by atoms with E-state index >= 15 is 0 Å². The molecule has 7 heteroatoms. The van der Waals surface area contributed by atoms with Crippen LogP contribution in [0.15, 0.2) is 28.3 Å². The molecule has 1 saturated heterocycles. The van der Waals surface area contributed by atoms with Gasteiger partial charge in [-0.15, -0.1) is 4.40 Å². The number of likely N-dealkylation sites (tertiary alicyclic amines) is 1. The zero-order chi connectivity index (χ0) is 17.6. The van der Waals surface area contributed by atoms with Gasteiger partial charge in [0.2, 0.25) is 0 Å². The quantitative estimate of drug-likeness (QED) is 0.714. The Bertz CT molecular complexity index is 768. The molecule has 0 aromatic rings. The van der Waals surface area contributed by atoms with Gasteiger partial charge >= 0.3 is 0 Å². The minimum absolute atomic E-state index is 0.00534. The molecule has 25 heavy (non-hydrogen) atoms. The molecule has 0 bridgehead atoms. The number of piperidine rings is 1. The van der Waals surface area contributed by atoms with Gasteiger partial charge in [-0.05, 0) is 56.1 Å². The van der Waals surface area contributed by atoms with Gasteiger partial charge < -0.3 is 9.80 Å². The third-order valence-corrected chi connectivity index (χ3v) is 7.08. The Labute approximate surface area is 149 Å². The Morgan fingerprint density at radius 2 is 2.08 bits per heavy atom. The van der Waals surface area contributed by atoms with Gasteiger partial charge in [-0.3, -0.25) is 4.79 Å². The van der Waals surface area contributed by atoms with Crippen LogP contribution in [0.2, 0.25) is 0 Å². The van der Waals surface area contributed by atoms with Crippen LogP contribution in [0.25, 0.3) is 0 Å². The molecule has 3 aliphatic heterocycles. The van der Waals surface area contributed by atoms with E-state index in [0.717, 1.165) is 31.7 Å². The lowest BCUT2D eigenvalue weighted by atomic mass is 9.74. The minimum Gasteiger partial charge on any atom is -0.335 e. The number of nitrogens with zero attached hydrogens (tertiary/aromatic N) is 3. The van der Waals surface area contributed by atoms with Crippen molar-refractivity contribution >= 4 is 21.8 Å². The van der Waals surface area contributed by atoms with E-state index in [1.807, 2.05) is 11.0 Å². The molecule has 4 rings (SSSR count). The molecule has 1 saturated carbocycles. The summed E-state index contributed by atoms with van der Waals surface area (Å²) >= 11 is 0. The van der Waals surface area contributed by atoms with Gasteiger partial charge in [0.1, 0.15) is 0 Å². The maximum Gasteiger partial charge on any atom is 0.257 e. The normalized spacial score (nSPS) is 33.9. The topological polar surface area (TPSA) is 70.1 Å². The molecular formula is C18H25N3O3S. The van der Waals surface area contributed by atoms with Gasteiger partial charge in [-0.25, -0.2) is 8.42 Å². The summed E-state index contributed by atoms with van der Waals surface area (Å²) in [6.45, 7) is 3.41. The number of fused-ring (bicyclic) bond motifs is 2. The molecule has 2 fully saturated rings. The first kappa shape index (κ1) is 16.8. The van der Waals surface area contributed by atoms with Crippen molar-refractivity contribution < 1.29 is 13.2 Å². The molecular weight excluding hydrogens is 338 g/mol. The molecule has 0 spiro atoms. The number of carbonyl (C=O) groups excluding carboxylic acids is 1. The monoisotopic (exact) mass is 363 g/mol. The Hall–Kier alpha value is -1.63. The fourth-order valence-electron chi connectivity index (χ4n) is 4.68. The summed E-state index contributed by atoms with van der Waals surface area (Å²) < 4.78 is 27.7. The molecule has 0 radical (unpaired) electrons. The highest BCUT2D eigenvalue weighted by Gasteiger charge is 2.40. The molecule has 0 aromatic heterocycles. The average Bonchev–Trinajstić information content (AvgIpc) is 2.59. The number of rotatable bonds is 1. The largest absolute Gasteiger partial charge is 0.335 e. The van der Waals surface area contributed by atoms with Crippen molar-refractivity contribution in [2.45, 2.75) is 45.1 Å². The van der Waals surface area contributed by atoms with E-state index in [1.165, 1.54) is 12.8 Å². The van der Waals surface area contributed by atoms with Gasteiger partial charge in [-0.2, -0.15) is 0 Å². The Morgan fingerprint density at radius 3 is 2.92 bits per heavy atom. The minimum atomic E-state index is -3.48. The molecule has 6 nitrogen and oxygen atoms in total. The molecule has 1 aliphatic carbocycles. The van der Waals surface area contributed by atoms with Crippen molar-refractivity contribution in [1.82, 2.24) is 9.80 Å². The van der Waals surface area contributed by atoms with Crippen LogP contribution in [-0.2, 0) is 14.8 Å². The van der Waals surface area contributed by atoms with Gasteiger partial charge in [0.15, 0.2) is 5.84 Å². The molecule has 1 amide bonds. The predicted octanol–water partition coefficient (Wildman–Crippen LogP) is 1.91. The Kier molecular flexibility index (Phi) is 4.22. The van der Waals surface area contributed by atoms with Crippen LogP contribution < -0.4 is 0 Å². The smallest absolute Gasteiger partial charge is 0.257 e. The van der Waals surface area contributed by atoms with Crippen LogP contribution in [0.3, 0.4) is 0 Å². The summed E-state index contributed by atoms with van der Waals surface area (Å²) in [5.74, 6) is 1.54. The van der Waals surface area contributed by atoms with E-state index in [4.69, 9.17) is 0 Å². The highest BCUT2D eigenvalue weighted by atomic mass is 32.2. The second-order valence-corrected chi connectivity index (χ2v) is 9.46. The van der Waals surface area contributed by atoms with Crippen molar-refractivity contribution in [3.05, 3.63) is 23.9 Å². The van der Waals surface area contributed by atoms with Crippen LogP contribution in [0.5, 0.6) is 0 Å². The third kappa shape index (κ3) is 3.14. The van der Waals surface area contributed by atoms with E-state index in [1.54, 1.807) is 17.2 Å². The van der Waals surface area contributed by atoms with Crippen LogP contribution >= 0.6 is 0 Å². The lowest BCUT2D eigenvalue weighted by molar-refractivity contribution is -0.133. The second kappa shape index (κ2) is 6.27. The molecule has 4 aliphatic rings. The van der Waals surface area contributed by atoms with Crippen molar-refractivity contribution in [3.63, 3.8) is 0 Å². The zero-order valence-electron chi connectivity index (χ0n) is 14.6. The van der Waals surface area contributed by atoms with Crippen LogP contribution in [-0.4, -0.2) is 54.8 Å². The first-order valence-electron chi connectivity index (χ1n) is 9.24. The Morgan fingerprint density at radius 1 is 1.24 bits per heavy atom. The van der Waals surface area contributed by atoms with Crippen LogP contribution in [0.1, 0.15) is 39.0 Å². The van der Waals surface area contributed by atoms with Crippen LogP contribution in [0.4, 0.5) is 0 Å². The van der Waals surface area contributed by atoms with Crippen molar-refractivity contribution in [2.24, 2.45) is 16.2 Å². The molecule has 0 N–H and O–H groups in total. The zero-order valence-corrected chi connectivity index (χ0v) is 15.4. The summed E-state index contributed by atoms with van der Waals surface area (Å²) in [5.41, 5.74) is 0.421. The number of hydrogen-bond acceptors (Lipinski definition) is 4. The van der Waals surface area contributed by atoms with Crippen molar-refractivity contribution in [2.75, 3.05) is 18.8 Å². The summed E-state index contributed by atoms with van der Waals surface area (Å²) in [6.07, 6.45) is 10.9. The number of carbonyl (C=O) groups is 1. The highest BCUT2D eigenvalue weighted by Crippen LogP contribution is 2.38. The van der Waals surface area contributed by atoms with E-state index in [9.17, 15) is 13.2 Å². The van der Waals surface area contributed by atoms with Gasteiger partial charge in [0.05, 0.1) is 11.3 Å². The van der Waals surface area contributed by atoms with Gasteiger partial charge in [0.25, 0.3) is 15.9 Å². The van der Waals surface area contributed by atoms with Crippen molar-refractivity contribution in [3.8, 4) is 0 Å².